The summed E-state index contributed by atoms with van der Waals surface area (Å²) in [7, 11) is 0. The smallest absolute Gasteiger partial charge is 0.0604 e. The predicted octanol–water partition coefficient (Wildman–Crippen LogP) is 4.37. The molecule has 3 fully saturated rings. The summed E-state index contributed by atoms with van der Waals surface area (Å²) in [5.41, 5.74) is 2.65. The van der Waals surface area contributed by atoms with Crippen LogP contribution in [0.5, 0.6) is 0 Å². The van der Waals surface area contributed by atoms with E-state index in [1.807, 2.05) is 0 Å². The fourth-order valence-corrected chi connectivity index (χ4v) is 6.70. The fraction of sp³-hybridized carbons (Fsp3) is 0.455. The van der Waals surface area contributed by atoms with Crippen molar-refractivity contribution in [3.63, 3.8) is 0 Å². The van der Waals surface area contributed by atoms with E-state index in [4.69, 9.17) is 1.37 Å². The van der Waals surface area contributed by atoms with Gasteiger partial charge in [0.2, 0.25) is 0 Å². The molecule has 3 aliphatic carbocycles. The van der Waals surface area contributed by atoms with Gasteiger partial charge in [-0.15, -0.1) is 0 Å². The third-order valence-electron chi connectivity index (χ3n) is 7.21. The highest BCUT2D eigenvalue weighted by Crippen LogP contribution is 2.86. The van der Waals surface area contributed by atoms with Crippen LogP contribution in [0.15, 0.2) is 60.7 Å². The summed E-state index contributed by atoms with van der Waals surface area (Å²) in [4.78, 5) is 0. The Kier molecular flexibility index (Phi) is 2.37. The lowest BCUT2D eigenvalue weighted by Crippen LogP contribution is -2.35. The van der Waals surface area contributed by atoms with E-state index >= 15 is 0 Å². The molecule has 1 nitrogen and oxygen atoms in total. The number of hydrogen-bond donors (Lipinski definition) is 1. The molecule has 1 heteroatoms. The molecule has 0 amide bonds. The maximum atomic E-state index is 10.9. The van der Waals surface area contributed by atoms with Gasteiger partial charge in [0, 0.05) is 5.41 Å². The summed E-state index contributed by atoms with van der Waals surface area (Å²) in [5, 5.41) is 10.9. The Morgan fingerprint density at radius 1 is 0.957 bits per heavy atom. The monoisotopic (exact) mass is 305 g/mol. The van der Waals surface area contributed by atoms with Crippen LogP contribution >= 0.6 is 0 Å². The topological polar surface area (TPSA) is 20.2 Å². The van der Waals surface area contributed by atoms with Crippen LogP contribution in [0.4, 0.5) is 0 Å². The summed E-state index contributed by atoms with van der Waals surface area (Å²) >= 11 is 0. The molecule has 23 heavy (non-hydrogen) atoms. The zero-order chi connectivity index (χ0) is 16.7. The Balaban J connectivity index is 1.72. The highest BCUT2D eigenvalue weighted by atomic mass is 16.3. The molecule has 0 aromatic heterocycles. The van der Waals surface area contributed by atoms with Crippen molar-refractivity contribution in [1.82, 2.24) is 0 Å². The van der Waals surface area contributed by atoms with E-state index in [0.717, 1.165) is 0 Å². The molecule has 0 bridgehead atoms. The molecular weight excluding hydrogens is 280 g/mol. The first-order valence-corrected chi connectivity index (χ1v) is 8.75. The van der Waals surface area contributed by atoms with Crippen molar-refractivity contribution >= 4 is 0 Å². The van der Waals surface area contributed by atoms with E-state index < -0.39 is 6.08 Å². The summed E-state index contributed by atoms with van der Waals surface area (Å²) in [6, 6.07) is 21.4. The lowest BCUT2D eigenvalue weighted by molar-refractivity contribution is 0.132. The van der Waals surface area contributed by atoms with Gasteiger partial charge in [-0.3, -0.25) is 0 Å². The van der Waals surface area contributed by atoms with Crippen LogP contribution in [-0.4, -0.2) is 11.2 Å². The number of fused-ring (bicyclic) bond motifs is 1. The van der Waals surface area contributed by atoms with E-state index in [-0.39, 0.29) is 16.7 Å². The number of benzene rings is 2. The second-order valence-corrected chi connectivity index (χ2v) is 8.21. The molecule has 118 valence electrons. The van der Waals surface area contributed by atoms with Gasteiger partial charge >= 0.3 is 0 Å². The molecule has 2 aromatic rings. The zero-order valence-corrected chi connectivity index (χ0v) is 13.7. The Hall–Kier alpha value is -1.60. The highest BCUT2D eigenvalue weighted by Gasteiger charge is 2.85. The molecule has 3 aliphatic rings. The first-order chi connectivity index (χ1) is 11.4. The minimum Gasteiger partial charge on any atom is -0.393 e. The minimum atomic E-state index is -1.29. The molecule has 0 radical (unpaired) electrons. The van der Waals surface area contributed by atoms with Crippen molar-refractivity contribution in [2.75, 3.05) is 0 Å². The van der Waals surface area contributed by atoms with Gasteiger partial charge in [0.05, 0.1) is 7.45 Å². The van der Waals surface area contributed by atoms with Crippen molar-refractivity contribution in [3.05, 3.63) is 71.8 Å². The van der Waals surface area contributed by atoms with E-state index in [2.05, 4.69) is 74.5 Å². The minimum absolute atomic E-state index is 0.0290. The molecule has 5 rings (SSSR count). The Labute approximate surface area is 139 Å². The van der Waals surface area contributed by atoms with Crippen LogP contribution in [0.25, 0.3) is 0 Å². The molecule has 6 atom stereocenters. The quantitative estimate of drug-likeness (QED) is 0.873. The zero-order valence-electron chi connectivity index (χ0n) is 14.7. The van der Waals surface area contributed by atoms with E-state index in [1.54, 1.807) is 0 Å². The standard InChI is InChI=1S/C22H24O/c1-21(2)18(14-9-5-3-6-10-14)16-13-17(23)20-19(16)22(20,21)15-11-7-4-8-12-15/h3-12,16-20,23H,13H2,1-2H3/i17D. The lowest BCUT2D eigenvalue weighted by atomic mass is 9.64. The average Bonchev–Trinajstić information content (AvgIpc) is 3.17. The molecule has 2 aromatic carbocycles. The van der Waals surface area contributed by atoms with Crippen LogP contribution in [0, 0.1) is 23.2 Å². The molecular formula is C22H24O. The van der Waals surface area contributed by atoms with Gasteiger partial charge in [-0.2, -0.15) is 0 Å². The van der Waals surface area contributed by atoms with E-state index in [1.165, 1.54) is 11.1 Å². The lowest BCUT2D eigenvalue weighted by Gasteiger charge is -2.39. The van der Waals surface area contributed by atoms with E-state index in [9.17, 15) is 5.11 Å². The second-order valence-electron chi connectivity index (χ2n) is 8.21. The van der Waals surface area contributed by atoms with Crippen LogP contribution in [-0.2, 0) is 5.41 Å². The molecule has 3 saturated carbocycles. The fourth-order valence-electron chi connectivity index (χ4n) is 6.70. The van der Waals surface area contributed by atoms with Crippen molar-refractivity contribution in [1.29, 1.82) is 0 Å². The van der Waals surface area contributed by atoms with Crippen molar-refractivity contribution < 1.29 is 6.48 Å². The molecule has 0 saturated heterocycles. The number of hydrogen-bond acceptors (Lipinski definition) is 1. The summed E-state index contributed by atoms with van der Waals surface area (Å²) in [5.74, 6) is 1.31. The second kappa shape index (κ2) is 4.27. The molecule has 1 N–H and O–H groups in total. The normalized spacial score (nSPS) is 46.3. The van der Waals surface area contributed by atoms with E-state index in [0.29, 0.717) is 24.2 Å². The van der Waals surface area contributed by atoms with Gasteiger partial charge in [0.25, 0.3) is 0 Å². The van der Waals surface area contributed by atoms with Gasteiger partial charge in [0.15, 0.2) is 0 Å². The SMILES string of the molecule is [2H]C1(O)CC2C(c3ccccc3)C(C)(C)C3(c4ccccc4)C2C13. The van der Waals surface area contributed by atoms with Crippen molar-refractivity contribution in [2.24, 2.45) is 23.2 Å². The summed E-state index contributed by atoms with van der Waals surface area (Å²) < 4.78 is 8.59. The molecule has 6 unspecified atom stereocenters. The van der Waals surface area contributed by atoms with Crippen molar-refractivity contribution in [3.8, 4) is 0 Å². The van der Waals surface area contributed by atoms with Gasteiger partial charge in [-0.1, -0.05) is 74.5 Å². The first-order valence-electron chi connectivity index (χ1n) is 9.25. The summed E-state index contributed by atoms with van der Waals surface area (Å²) in [6.07, 6.45) is -0.675. The van der Waals surface area contributed by atoms with Crippen molar-refractivity contribution in [2.45, 2.75) is 37.7 Å². The molecule has 0 aliphatic heterocycles. The van der Waals surface area contributed by atoms with Crippen LogP contribution in [0.1, 0.15) is 38.7 Å². The number of rotatable bonds is 2. The maximum absolute atomic E-state index is 10.9. The maximum Gasteiger partial charge on any atom is 0.0604 e. The van der Waals surface area contributed by atoms with Gasteiger partial charge < -0.3 is 5.11 Å². The molecule has 0 heterocycles. The van der Waals surface area contributed by atoms with Crippen LogP contribution < -0.4 is 0 Å². The van der Waals surface area contributed by atoms with Gasteiger partial charge in [0.1, 0.15) is 0 Å². The largest absolute Gasteiger partial charge is 0.393 e. The molecule has 0 spiro atoms. The van der Waals surface area contributed by atoms with Gasteiger partial charge in [-0.25, -0.2) is 0 Å². The number of aliphatic hydroxyl groups is 1. The Morgan fingerprint density at radius 3 is 2.22 bits per heavy atom. The third kappa shape index (κ3) is 1.43. The third-order valence-corrected chi connectivity index (χ3v) is 7.21. The predicted molar refractivity (Wildman–Crippen MR) is 92.2 cm³/mol. The average molecular weight is 305 g/mol. The Morgan fingerprint density at radius 2 is 1.57 bits per heavy atom. The highest BCUT2D eigenvalue weighted by molar-refractivity contribution is 5.50. The van der Waals surface area contributed by atoms with Crippen LogP contribution in [0.2, 0.25) is 0 Å². The summed E-state index contributed by atoms with van der Waals surface area (Å²) in [6.45, 7) is 4.73. The van der Waals surface area contributed by atoms with Gasteiger partial charge in [-0.05, 0) is 46.6 Å². The first kappa shape index (κ1) is 12.8. The Bertz CT molecular complexity index is 782. The van der Waals surface area contributed by atoms with Crippen LogP contribution in [0.3, 0.4) is 0 Å².